The topological polar surface area (TPSA) is 84.7 Å². The van der Waals surface area contributed by atoms with Gasteiger partial charge in [-0.05, 0) is 24.1 Å². The lowest BCUT2D eigenvalue weighted by Gasteiger charge is -2.00. The van der Waals surface area contributed by atoms with Crippen LogP contribution in [0.25, 0.3) is 11.4 Å². The third-order valence-corrected chi connectivity index (χ3v) is 2.28. The lowest BCUT2D eigenvalue weighted by Crippen LogP contribution is -2.11. The molecule has 2 rings (SSSR count). The summed E-state index contributed by atoms with van der Waals surface area (Å²) in [6, 6.07) is 5.64. The van der Waals surface area contributed by atoms with E-state index in [9.17, 15) is 4.79 Å². The van der Waals surface area contributed by atoms with Gasteiger partial charge in [-0.3, -0.25) is 14.9 Å². The van der Waals surface area contributed by atoms with Gasteiger partial charge >= 0.3 is 0 Å². The number of carbonyl (C=O) groups excluding carboxylic acids is 1. The number of nitrogens with zero attached hydrogens (tertiary/aromatic N) is 2. The van der Waals surface area contributed by atoms with Crippen LogP contribution in [0.3, 0.4) is 0 Å². The number of rotatable bonds is 4. The first-order chi connectivity index (χ1) is 7.77. The fourth-order valence-corrected chi connectivity index (χ4v) is 1.49. The van der Waals surface area contributed by atoms with Crippen LogP contribution in [-0.4, -0.2) is 21.1 Å². The Hall–Kier alpha value is -2.17. The Balaban J connectivity index is 2.23. The first kappa shape index (κ1) is 10.4. The quantitative estimate of drug-likeness (QED) is 0.795. The van der Waals surface area contributed by atoms with Gasteiger partial charge in [0.2, 0.25) is 5.91 Å². The first-order valence-electron chi connectivity index (χ1n) is 4.99. The van der Waals surface area contributed by atoms with Crippen LogP contribution < -0.4 is 5.73 Å². The molecule has 0 spiro atoms. The molecule has 0 aromatic carbocycles. The molecular formula is C11H12N4O. The number of pyridine rings is 1. The Morgan fingerprint density at radius 3 is 3.00 bits per heavy atom. The Morgan fingerprint density at radius 2 is 2.31 bits per heavy atom. The lowest BCUT2D eigenvalue weighted by atomic mass is 10.1. The van der Waals surface area contributed by atoms with Crippen molar-refractivity contribution in [1.29, 1.82) is 0 Å². The molecule has 0 aliphatic heterocycles. The molecule has 0 atom stereocenters. The summed E-state index contributed by atoms with van der Waals surface area (Å²) in [4.78, 5) is 14.9. The minimum atomic E-state index is -0.312. The van der Waals surface area contributed by atoms with Gasteiger partial charge in [0.1, 0.15) is 0 Å². The summed E-state index contributed by atoms with van der Waals surface area (Å²) in [5.74, 6) is -0.312. The van der Waals surface area contributed by atoms with Crippen LogP contribution in [0.15, 0.2) is 30.6 Å². The van der Waals surface area contributed by atoms with Gasteiger partial charge < -0.3 is 5.73 Å². The number of aromatic amines is 1. The molecule has 0 aliphatic rings. The van der Waals surface area contributed by atoms with Crippen molar-refractivity contribution in [2.45, 2.75) is 12.8 Å². The first-order valence-corrected chi connectivity index (χ1v) is 4.99. The fraction of sp³-hybridized carbons (Fsp3) is 0.182. The fourth-order valence-electron chi connectivity index (χ4n) is 1.49. The van der Waals surface area contributed by atoms with E-state index in [2.05, 4.69) is 15.2 Å². The molecule has 5 nitrogen and oxygen atoms in total. The number of amides is 1. The number of aryl methyl sites for hydroxylation is 1. The maximum atomic E-state index is 10.7. The molecule has 0 saturated carbocycles. The van der Waals surface area contributed by atoms with Crippen molar-refractivity contribution in [3.63, 3.8) is 0 Å². The molecule has 0 unspecified atom stereocenters. The zero-order chi connectivity index (χ0) is 11.4. The average Bonchev–Trinajstić information content (AvgIpc) is 2.75. The maximum absolute atomic E-state index is 10.7. The molecule has 2 heterocycles. The normalized spacial score (nSPS) is 10.2. The molecule has 3 N–H and O–H groups in total. The van der Waals surface area contributed by atoms with Crippen LogP contribution in [0.5, 0.6) is 0 Å². The number of primary amides is 1. The predicted molar refractivity (Wildman–Crippen MR) is 59.3 cm³/mol. The Morgan fingerprint density at radius 1 is 1.44 bits per heavy atom. The lowest BCUT2D eigenvalue weighted by molar-refractivity contribution is -0.117. The molecule has 0 radical (unpaired) electrons. The highest BCUT2D eigenvalue weighted by atomic mass is 16.1. The van der Waals surface area contributed by atoms with E-state index in [1.807, 2.05) is 18.2 Å². The van der Waals surface area contributed by atoms with E-state index in [1.54, 1.807) is 12.4 Å². The Labute approximate surface area is 92.7 Å². The zero-order valence-corrected chi connectivity index (χ0v) is 8.68. The molecule has 5 heteroatoms. The summed E-state index contributed by atoms with van der Waals surface area (Å²) in [5.41, 5.74) is 7.74. The largest absolute Gasteiger partial charge is 0.370 e. The monoisotopic (exact) mass is 216 g/mol. The van der Waals surface area contributed by atoms with Crippen LogP contribution in [-0.2, 0) is 11.2 Å². The van der Waals surface area contributed by atoms with Crippen molar-refractivity contribution >= 4 is 5.91 Å². The summed E-state index contributed by atoms with van der Waals surface area (Å²) in [5, 5.41) is 6.84. The molecule has 16 heavy (non-hydrogen) atoms. The molecular weight excluding hydrogens is 204 g/mol. The summed E-state index contributed by atoms with van der Waals surface area (Å²) >= 11 is 0. The van der Waals surface area contributed by atoms with E-state index < -0.39 is 0 Å². The van der Waals surface area contributed by atoms with Gasteiger partial charge in [-0.15, -0.1) is 0 Å². The Kier molecular flexibility index (Phi) is 2.95. The number of hydrogen-bond acceptors (Lipinski definition) is 3. The molecule has 0 bridgehead atoms. The third-order valence-electron chi connectivity index (χ3n) is 2.28. The van der Waals surface area contributed by atoms with Gasteiger partial charge in [0.25, 0.3) is 0 Å². The second-order valence-corrected chi connectivity index (χ2v) is 3.45. The second-order valence-electron chi connectivity index (χ2n) is 3.45. The van der Waals surface area contributed by atoms with E-state index in [0.29, 0.717) is 12.8 Å². The molecule has 2 aromatic heterocycles. The number of hydrogen-bond donors (Lipinski definition) is 2. The van der Waals surface area contributed by atoms with Gasteiger partial charge in [0, 0.05) is 12.6 Å². The highest BCUT2D eigenvalue weighted by molar-refractivity contribution is 5.74. The van der Waals surface area contributed by atoms with E-state index in [0.717, 1.165) is 17.0 Å². The number of H-pyrrole nitrogens is 1. The smallest absolute Gasteiger partial charge is 0.217 e. The van der Waals surface area contributed by atoms with Crippen LogP contribution in [0.1, 0.15) is 12.0 Å². The maximum Gasteiger partial charge on any atom is 0.217 e. The van der Waals surface area contributed by atoms with E-state index in [-0.39, 0.29) is 5.91 Å². The van der Waals surface area contributed by atoms with Crippen molar-refractivity contribution in [1.82, 2.24) is 15.2 Å². The van der Waals surface area contributed by atoms with E-state index >= 15 is 0 Å². The van der Waals surface area contributed by atoms with E-state index in [1.165, 1.54) is 0 Å². The average molecular weight is 216 g/mol. The zero-order valence-electron chi connectivity index (χ0n) is 8.68. The van der Waals surface area contributed by atoms with Gasteiger partial charge in [-0.25, -0.2) is 0 Å². The number of aromatic nitrogens is 3. The highest BCUT2D eigenvalue weighted by Crippen LogP contribution is 2.19. The summed E-state index contributed by atoms with van der Waals surface area (Å²) in [6.07, 6.45) is 4.32. The highest BCUT2D eigenvalue weighted by Gasteiger charge is 2.09. The standard InChI is InChI=1S/C11H12N4O/c12-10(16)5-4-8-7-14-15-11(8)9-3-1-2-6-13-9/h1-3,6-7H,4-5H2,(H2,12,16)(H,14,15). The molecule has 1 amide bonds. The minimum Gasteiger partial charge on any atom is -0.370 e. The van der Waals surface area contributed by atoms with Crippen molar-refractivity contribution < 1.29 is 4.79 Å². The van der Waals surface area contributed by atoms with Gasteiger partial charge in [-0.2, -0.15) is 5.10 Å². The van der Waals surface area contributed by atoms with Gasteiger partial charge in [0.15, 0.2) is 0 Å². The summed E-state index contributed by atoms with van der Waals surface area (Å²) < 4.78 is 0. The third kappa shape index (κ3) is 2.25. The SMILES string of the molecule is NC(=O)CCc1cn[nH]c1-c1ccccn1. The van der Waals surface area contributed by atoms with Gasteiger partial charge in [0.05, 0.1) is 17.6 Å². The summed E-state index contributed by atoms with van der Waals surface area (Å²) in [6.45, 7) is 0. The van der Waals surface area contributed by atoms with Crippen LogP contribution in [0, 0.1) is 0 Å². The molecule has 2 aromatic rings. The van der Waals surface area contributed by atoms with Crippen molar-refractivity contribution in [3.05, 3.63) is 36.2 Å². The van der Waals surface area contributed by atoms with Gasteiger partial charge in [-0.1, -0.05) is 6.07 Å². The number of carbonyl (C=O) groups is 1. The van der Waals surface area contributed by atoms with Crippen LogP contribution in [0.2, 0.25) is 0 Å². The number of nitrogens with two attached hydrogens (primary N) is 1. The Bertz CT molecular complexity index is 478. The van der Waals surface area contributed by atoms with Crippen LogP contribution in [0.4, 0.5) is 0 Å². The van der Waals surface area contributed by atoms with Crippen LogP contribution >= 0.6 is 0 Å². The van der Waals surface area contributed by atoms with Crippen molar-refractivity contribution in [2.24, 2.45) is 5.73 Å². The predicted octanol–water partition coefficient (Wildman–Crippen LogP) is 0.890. The second kappa shape index (κ2) is 4.57. The molecule has 0 aliphatic carbocycles. The van der Waals surface area contributed by atoms with Crippen molar-refractivity contribution in [3.8, 4) is 11.4 Å². The number of nitrogens with one attached hydrogen (secondary N) is 1. The minimum absolute atomic E-state index is 0.312. The summed E-state index contributed by atoms with van der Waals surface area (Å²) in [7, 11) is 0. The molecule has 0 fully saturated rings. The van der Waals surface area contributed by atoms with E-state index in [4.69, 9.17) is 5.73 Å². The molecule has 0 saturated heterocycles. The molecule has 82 valence electrons. The van der Waals surface area contributed by atoms with Crippen molar-refractivity contribution in [2.75, 3.05) is 0 Å².